The van der Waals surface area contributed by atoms with E-state index in [0.717, 1.165) is 11.3 Å². The number of carbonyl (C=O) groups is 1. The summed E-state index contributed by atoms with van der Waals surface area (Å²) < 4.78 is 12.5. The highest BCUT2D eigenvalue weighted by atomic mass is 35.5. The smallest absolute Gasteiger partial charge is 0.267 e. The number of hydrogen-bond donors (Lipinski definition) is 1. The van der Waals surface area contributed by atoms with E-state index in [9.17, 15) is 4.79 Å². The molecule has 2 aromatic carbocycles. The number of amides is 1. The minimum Gasteiger partial charge on any atom is -0.497 e. The summed E-state index contributed by atoms with van der Waals surface area (Å²) in [7, 11) is 1.59. The summed E-state index contributed by atoms with van der Waals surface area (Å²) in [6, 6.07) is 14.5. The van der Waals surface area contributed by atoms with E-state index in [4.69, 9.17) is 21.1 Å². The molecule has 0 radical (unpaired) electrons. The van der Waals surface area contributed by atoms with Crippen molar-refractivity contribution in [3.05, 3.63) is 58.9 Å². The molecular formula is C20H17ClN4O3S. The van der Waals surface area contributed by atoms with E-state index in [2.05, 4.69) is 15.4 Å². The van der Waals surface area contributed by atoms with Crippen LogP contribution in [0.4, 0.5) is 5.95 Å². The number of carbonyl (C=O) groups excluding carboxylic acids is 1. The number of thiazole rings is 1. The van der Waals surface area contributed by atoms with E-state index in [0.29, 0.717) is 21.5 Å². The Morgan fingerprint density at radius 1 is 1.14 bits per heavy atom. The lowest BCUT2D eigenvalue weighted by atomic mass is 10.2. The topological polar surface area (TPSA) is 77.8 Å². The zero-order chi connectivity index (χ0) is 20.4. The van der Waals surface area contributed by atoms with Crippen molar-refractivity contribution in [3.63, 3.8) is 0 Å². The average molecular weight is 429 g/mol. The lowest BCUT2D eigenvalue weighted by Crippen LogP contribution is -2.30. The van der Waals surface area contributed by atoms with Crippen LogP contribution in [0.1, 0.15) is 6.92 Å². The van der Waals surface area contributed by atoms with Crippen molar-refractivity contribution < 1.29 is 14.3 Å². The second-order valence-electron chi connectivity index (χ2n) is 6.18. The number of benzene rings is 2. The second-order valence-corrected chi connectivity index (χ2v) is 7.46. The third-order valence-corrected chi connectivity index (χ3v) is 5.27. The number of anilines is 1. The lowest BCUT2D eigenvalue weighted by Gasteiger charge is -2.13. The highest BCUT2D eigenvalue weighted by Crippen LogP contribution is 2.27. The summed E-state index contributed by atoms with van der Waals surface area (Å²) in [5.41, 5.74) is 1.83. The molecule has 4 aromatic rings. The highest BCUT2D eigenvalue weighted by Gasteiger charge is 2.18. The first-order valence-electron chi connectivity index (χ1n) is 8.75. The Morgan fingerprint density at radius 2 is 1.83 bits per heavy atom. The van der Waals surface area contributed by atoms with E-state index in [-0.39, 0.29) is 11.9 Å². The van der Waals surface area contributed by atoms with Crippen LogP contribution >= 0.6 is 22.9 Å². The predicted octanol–water partition coefficient (Wildman–Crippen LogP) is 4.53. The van der Waals surface area contributed by atoms with Gasteiger partial charge < -0.3 is 9.47 Å². The number of aromatic nitrogens is 3. The number of fused-ring (bicyclic) bond motifs is 1. The van der Waals surface area contributed by atoms with Crippen molar-refractivity contribution in [1.82, 2.24) is 14.6 Å². The molecule has 7 nitrogen and oxygen atoms in total. The average Bonchev–Trinajstić information content (AvgIpc) is 3.29. The SMILES string of the molecule is COc1ccc(OC(C)C(=O)Nc2nc3scc(-c4ccc(Cl)cc4)n3n2)cc1. The van der Waals surface area contributed by atoms with Crippen molar-refractivity contribution in [1.29, 1.82) is 0 Å². The normalized spacial score (nSPS) is 12.0. The quantitative estimate of drug-likeness (QED) is 0.488. The Bertz CT molecular complexity index is 1140. The van der Waals surface area contributed by atoms with Gasteiger partial charge in [-0.15, -0.1) is 16.4 Å². The van der Waals surface area contributed by atoms with Crippen molar-refractivity contribution in [2.45, 2.75) is 13.0 Å². The molecule has 0 spiro atoms. The van der Waals surface area contributed by atoms with Gasteiger partial charge in [-0.3, -0.25) is 10.1 Å². The number of methoxy groups -OCH3 is 1. The summed E-state index contributed by atoms with van der Waals surface area (Å²) in [6.45, 7) is 1.66. The molecule has 1 atom stereocenters. The maximum atomic E-state index is 12.5. The fraction of sp³-hybridized carbons (Fsp3) is 0.150. The lowest BCUT2D eigenvalue weighted by molar-refractivity contribution is -0.122. The van der Waals surface area contributed by atoms with Crippen molar-refractivity contribution >= 4 is 39.8 Å². The first kappa shape index (κ1) is 19.2. The Balaban J connectivity index is 1.47. The fourth-order valence-electron chi connectivity index (χ4n) is 2.68. The molecule has 0 aliphatic rings. The van der Waals surface area contributed by atoms with Gasteiger partial charge in [0, 0.05) is 16.0 Å². The molecule has 2 heterocycles. The molecule has 0 aliphatic heterocycles. The van der Waals surface area contributed by atoms with Crippen LogP contribution in [0, 0.1) is 0 Å². The summed E-state index contributed by atoms with van der Waals surface area (Å²) in [4.78, 5) is 17.5. The van der Waals surface area contributed by atoms with Gasteiger partial charge in [-0.2, -0.15) is 4.98 Å². The molecule has 0 saturated heterocycles. The van der Waals surface area contributed by atoms with Crippen LogP contribution in [0.5, 0.6) is 11.5 Å². The number of hydrogen-bond acceptors (Lipinski definition) is 6. The molecular weight excluding hydrogens is 412 g/mol. The molecule has 148 valence electrons. The van der Waals surface area contributed by atoms with Gasteiger partial charge in [0.05, 0.1) is 12.8 Å². The maximum absolute atomic E-state index is 12.5. The van der Waals surface area contributed by atoms with Gasteiger partial charge in [-0.05, 0) is 43.3 Å². The maximum Gasteiger partial charge on any atom is 0.267 e. The minimum absolute atomic E-state index is 0.224. The third-order valence-electron chi connectivity index (χ3n) is 4.20. The Kier molecular flexibility index (Phi) is 5.37. The van der Waals surface area contributed by atoms with Gasteiger partial charge in [-0.1, -0.05) is 23.7 Å². The summed E-state index contributed by atoms with van der Waals surface area (Å²) in [5, 5.41) is 9.73. The van der Waals surface area contributed by atoms with Gasteiger partial charge in [0.2, 0.25) is 4.96 Å². The summed E-state index contributed by atoms with van der Waals surface area (Å²) in [5.74, 6) is 1.17. The van der Waals surface area contributed by atoms with Crippen LogP contribution in [0.15, 0.2) is 53.9 Å². The Labute approximate surface area is 175 Å². The number of nitrogens with zero attached hydrogens (tertiary/aromatic N) is 3. The van der Waals surface area contributed by atoms with Crippen LogP contribution < -0.4 is 14.8 Å². The summed E-state index contributed by atoms with van der Waals surface area (Å²) >= 11 is 7.40. The van der Waals surface area contributed by atoms with E-state index in [1.807, 2.05) is 29.6 Å². The molecule has 0 saturated carbocycles. The molecule has 0 fully saturated rings. The number of rotatable bonds is 6. The molecule has 29 heavy (non-hydrogen) atoms. The Morgan fingerprint density at radius 3 is 2.52 bits per heavy atom. The van der Waals surface area contributed by atoms with Crippen molar-refractivity contribution in [2.75, 3.05) is 12.4 Å². The van der Waals surface area contributed by atoms with Gasteiger partial charge in [0.25, 0.3) is 11.9 Å². The highest BCUT2D eigenvalue weighted by molar-refractivity contribution is 7.15. The molecule has 4 rings (SSSR count). The van der Waals surface area contributed by atoms with E-state index >= 15 is 0 Å². The zero-order valence-corrected chi connectivity index (χ0v) is 17.2. The zero-order valence-electron chi connectivity index (χ0n) is 15.6. The largest absolute Gasteiger partial charge is 0.497 e. The van der Waals surface area contributed by atoms with Gasteiger partial charge >= 0.3 is 0 Å². The van der Waals surface area contributed by atoms with E-state index < -0.39 is 6.10 Å². The van der Waals surface area contributed by atoms with Crippen LogP contribution in [0.3, 0.4) is 0 Å². The van der Waals surface area contributed by atoms with Crippen LogP contribution in [0.2, 0.25) is 5.02 Å². The van der Waals surface area contributed by atoms with Gasteiger partial charge in [0.1, 0.15) is 11.5 Å². The number of nitrogens with one attached hydrogen (secondary N) is 1. The minimum atomic E-state index is -0.722. The van der Waals surface area contributed by atoms with Crippen molar-refractivity contribution in [3.8, 4) is 22.8 Å². The van der Waals surface area contributed by atoms with Gasteiger partial charge in [-0.25, -0.2) is 4.52 Å². The second kappa shape index (κ2) is 8.10. The standard InChI is InChI=1S/C20H17ClN4O3S/c1-12(28-16-9-7-15(27-2)8-10-16)18(26)22-19-23-20-25(24-19)17(11-29-20)13-3-5-14(21)6-4-13/h3-12H,1-2H3,(H,22,24,26). The van der Waals surface area contributed by atoms with E-state index in [1.54, 1.807) is 42.8 Å². The first-order valence-corrected chi connectivity index (χ1v) is 10.0. The third kappa shape index (κ3) is 4.18. The van der Waals surface area contributed by atoms with Crippen LogP contribution in [-0.4, -0.2) is 33.7 Å². The molecule has 1 unspecified atom stereocenters. The predicted molar refractivity (Wildman–Crippen MR) is 113 cm³/mol. The van der Waals surface area contributed by atoms with Crippen molar-refractivity contribution in [2.24, 2.45) is 0 Å². The molecule has 9 heteroatoms. The first-order chi connectivity index (χ1) is 14.0. The van der Waals surface area contributed by atoms with Gasteiger partial charge in [0.15, 0.2) is 6.10 Å². The molecule has 1 amide bonds. The Hall–Kier alpha value is -3.10. The molecule has 0 bridgehead atoms. The molecule has 1 N–H and O–H groups in total. The summed E-state index contributed by atoms with van der Waals surface area (Å²) in [6.07, 6.45) is -0.722. The fourth-order valence-corrected chi connectivity index (χ4v) is 3.63. The molecule has 0 aliphatic carbocycles. The monoisotopic (exact) mass is 428 g/mol. The van der Waals surface area contributed by atoms with E-state index in [1.165, 1.54) is 11.3 Å². The van der Waals surface area contributed by atoms with Crippen LogP contribution in [-0.2, 0) is 4.79 Å². The number of halogens is 1. The molecule has 2 aromatic heterocycles. The van der Waals surface area contributed by atoms with Crippen LogP contribution in [0.25, 0.3) is 16.2 Å². The number of ether oxygens (including phenoxy) is 2.